The van der Waals surface area contributed by atoms with E-state index in [1.807, 2.05) is 0 Å². The lowest BCUT2D eigenvalue weighted by Gasteiger charge is -2.46. The Hall–Kier alpha value is 0.194. The molecule has 0 amide bonds. The van der Waals surface area contributed by atoms with Gasteiger partial charge in [-0.2, -0.15) is 0 Å². The fourth-order valence-electron chi connectivity index (χ4n) is 2.70. The van der Waals surface area contributed by atoms with Gasteiger partial charge in [-0.25, -0.2) is 0 Å². The molecule has 0 aromatic carbocycles. The van der Waals surface area contributed by atoms with Crippen LogP contribution in [-0.4, -0.2) is 60.3 Å². The summed E-state index contributed by atoms with van der Waals surface area (Å²) >= 11 is 0. The smallest absolute Gasteiger partial charge is 0.377 e. The lowest BCUT2D eigenvalue weighted by Crippen LogP contribution is -2.57. The highest BCUT2D eigenvalue weighted by Crippen LogP contribution is 2.54. The molecule has 1 rings (SSSR count). The first-order valence-electron chi connectivity index (χ1n) is 5.88. The molecule has 0 spiro atoms. The molecule has 1 aliphatic carbocycles. The number of hydrogen-bond donors (Lipinski definition) is 0. The highest BCUT2D eigenvalue weighted by molar-refractivity contribution is 6.66. The summed E-state index contributed by atoms with van der Waals surface area (Å²) in [5.41, 5.74) is 0.574. The lowest BCUT2D eigenvalue weighted by molar-refractivity contribution is 0.0709. The van der Waals surface area contributed by atoms with E-state index in [-0.39, 0.29) is 11.1 Å². The Morgan fingerprint density at radius 3 is 0.944 bits per heavy atom. The van der Waals surface area contributed by atoms with E-state index in [1.165, 1.54) is 0 Å². The van der Waals surface area contributed by atoms with Crippen molar-refractivity contribution in [3.63, 3.8) is 0 Å². The van der Waals surface area contributed by atoms with Crippen molar-refractivity contribution in [1.29, 1.82) is 0 Å². The van der Waals surface area contributed by atoms with Gasteiger partial charge in [0.25, 0.3) is 0 Å². The second kappa shape index (κ2) is 6.57. The standard InChI is InChI=1S/C10H24O6Si2/c1-11-17(12-2,13-3)9-7-10(8-9)18(14-4,15-5)16-6/h9-10H,7-8H2,1-6H3. The van der Waals surface area contributed by atoms with Crippen LogP contribution in [0.25, 0.3) is 0 Å². The first-order valence-corrected chi connectivity index (χ1v) is 9.49. The van der Waals surface area contributed by atoms with E-state index in [9.17, 15) is 0 Å². The van der Waals surface area contributed by atoms with E-state index in [1.54, 1.807) is 42.7 Å². The first kappa shape index (κ1) is 16.2. The monoisotopic (exact) mass is 296 g/mol. The Balaban J connectivity index is 2.67. The molecule has 8 heteroatoms. The Morgan fingerprint density at radius 1 is 0.556 bits per heavy atom. The van der Waals surface area contributed by atoms with Gasteiger partial charge in [-0.1, -0.05) is 0 Å². The Morgan fingerprint density at radius 2 is 0.778 bits per heavy atom. The van der Waals surface area contributed by atoms with Gasteiger partial charge < -0.3 is 26.6 Å². The summed E-state index contributed by atoms with van der Waals surface area (Å²) < 4.78 is 32.9. The Labute approximate surface area is 111 Å². The fourth-order valence-corrected chi connectivity index (χ4v) is 8.46. The van der Waals surface area contributed by atoms with Crippen molar-refractivity contribution in [3.8, 4) is 0 Å². The third kappa shape index (κ3) is 2.56. The zero-order valence-corrected chi connectivity index (χ0v) is 14.0. The molecule has 1 fully saturated rings. The van der Waals surface area contributed by atoms with Gasteiger partial charge in [0.15, 0.2) is 0 Å². The summed E-state index contributed by atoms with van der Waals surface area (Å²) in [5.74, 6) is 0. The van der Waals surface area contributed by atoms with E-state index in [0.29, 0.717) is 0 Å². The van der Waals surface area contributed by atoms with Crippen LogP contribution in [0.3, 0.4) is 0 Å². The van der Waals surface area contributed by atoms with Crippen LogP contribution < -0.4 is 0 Å². The summed E-state index contributed by atoms with van der Waals surface area (Å²) in [5, 5.41) is 0. The second-order valence-corrected chi connectivity index (χ2v) is 10.8. The molecule has 6 nitrogen and oxygen atoms in total. The molecule has 18 heavy (non-hydrogen) atoms. The molecule has 1 aliphatic rings. The van der Waals surface area contributed by atoms with Crippen molar-refractivity contribution < 1.29 is 26.6 Å². The van der Waals surface area contributed by atoms with Crippen LogP contribution in [0.1, 0.15) is 12.8 Å². The zero-order chi connectivity index (χ0) is 13.8. The van der Waals surface area contributed by atoms with Crippen LogP contribution in [0.15, 0.2) is 0 Å². The molecule has 0 bridgehead atoms. The molecule has 0 saturated heterocycles. The Kier molecular flexibility index (Phi) is 5.93. The third-order valence-electron chi connectivity index (χ3n) is 3.85. The molecular weight excluding hydrogens is 272 g/mol. The molecular formula is C10H24O6Si2. The van der Waals surface area contributed by atoms with Gasteiger partial charge >= 0.3 is 17.6 Å². The average Bonchev–Trinajstić information content (AvgIpc) is 2.38. The van der Waals surface area contributed by atoms with Crippen molar-refractivity contribution in [3.05, 3.63) is 0 Å². The topological polar surface area (TPSA) is 55.4 Å². The van der Waals surface area contributed by atoms with E-state index in [2.05, 4.69) is 0 Å². The molecule has 1 saturated carbocycles. The molecule has 0 radical (unpaired) electrons. The fraction of sp³-hybridized carbons (Fsp3) is 1.00. The minimum Gasteiger partial charge on any atom is -0.377 e. The van der Waals surface area contributed by atoms with Crippen LogP contribution in [0.2, 0.25) is 11.1 Å². The van der Waals surface area contributed by atoms with Gasteiger partial charge in [0.2, 0.25) is 0 Å². The summed E-state index contributed by atoms with van der Waals surface area (Å²) in [6.07, 6.45) is 1.78. The van der Waals surface area contributed by atoms with Crippen LogP contribution in [0.4, 0.5) is 0 Å². The summed E-state index contributed by atoms with van der Waals surface area (Å²) in [6.45, 7) is 0. The number of rotatable bonds is 8. The molecule has 0 aliphatic heterocycles. The molecule has 0 N–H and O–H groups in total. The molecule has 0 unspecified atom stereocenters. The van der Waals surface area contributed by atoms with Gasteiger partial charge in [0.1, 0.15) is 0 Å². The van der Waals surface area contributed by atoms with Crippen molar-refractivity contribution in [2.75, 3.05) is 42.7 Å². The van der Waals surface area contributed by atoms with E-state index >= 15 is 0 Å². The van der Waals surface area contributed by atoms with E-state index in [4.69, 9.17) is 26.6 Å². The normalized spacial score (nSPS) is 25.0. The van der Waals surface area contributed by atoms with Crippen molar-refractivity contribution in [2.45, 2.75) is 23.9 Å². The van der Waals surface area contributed by atoms with Gasteiger partial charge in [-0.15, -0.1) is 0 Å². The minimum absolute atomic E-state index is 0.287. The predicted octanol–water partition coefficient (Wildman–Crippen LogP) is 1.28. The van der Waals surface area contributed by atoms with Crippen molar-refractivity contribution >= 4 is 17.6 Å². The van der Waals surface area contributed by atoms with Gasteiger partial charge in [-0.3, -0.25) is 0 Å². The molecule has 0 aromatic rings. The van der Waals surface area contributed by atoms with Gasteiger partial charge in [0.05, 0.1) is 0 Å². The first-order chi connectivity index (χ1) is 8.57. The van der Waals surface area contributed by atoms with Crippen LogP contribution in [-0.2, 0) is 26.6 Å². The van der Waals surface area contributed by atoms with Gasteiger partial charge in [0, 0.05) is 53.7 Å². The molecule has 0 atom stereocenters. The molecule has 108 valence electrons. The lowest BCUT2D eigenvalue weighted by atomic mass is 9.98. The van der Waals surface area contributed by atoms with E-state index < -0.39 is 17.6 Å². The molecule has 0 heterocycles. The maximum atomic E-state index is 5.49. The van der Waals surface area contributed by atoms with Gasteiger partial charge in [-0.05, 0) is 12.8 Å². The van der Waals surface area contributed by atoms with Crippen LogP contribution >= 0.6 is 0 Å². The maximum absolute atomic E-state index is 5.49. The highest BCUT2D eigenvalue weighted by Gasteiger charge is 2.61. The predicted molar refractivity (Wildman–Crippen MR) is 70.3 cm³/mol. The third-order valence-corrected chi connectivity index (χ3v) is 10.2. The minimum atomic E-state index is -2.54. The average molecular weight is 296 g/mol. The van der Waals surface area contributed by atoms with Crippen molar-refractivity contribution in [2.24, 2.45) is 0 Å². The summed E-state index contributed by atoms with van der Waals surface area (Å²) in [4.78, 5) is 0. The highest BCUT2D eigenvalue weighted by atomic mass is 28.4. The van der Waals surface area contributed by atoms with Crippen LogP contribution in [0, 0.1) is 0 Å². The number of hydrogen-bond acceptors (Lipinski definition) is 6. The largest absolute Gasteiger partial charge is 0.503 e. The summed E-state index contributed by atoms with van der Waals surface area (Å²) in [7, 11) is 4.76. The SMILES string of the molecule is CO[Si](OC)(OC)C1CC([Si](OC)(OC)OC)C1. The molecule has 0 aromatic heterocycles. The van der Waals surface area contributed by atoms with Crippen molar-refractivity contribution in [1.82, 2.24) is 0 Å². The zero-order valence-electron chi connectivity index (χ0n) is 12.0. The quantitative estimate of drug-likeness (QED) is 0.629. The summed E-state index contributed by atoms with van der Waals surface area (Å²) in [6, 6.07) is 0. The Bertz CT molecular complexity index is 210. The maximum Gasteiger partial charge on any atom is 0.503 e. The van der Waals surface area contributed by atoms with Crippen LogP contribution in [0.5, 0.6) is 0 Å². The second-order valence-electron chi connectivity index (χ2n) is 4.30. The van der Waals surface area contributed by atoms with E-state index in [0.717, 1.165) is 12.8 Å².